The van der Waals surface area contributed by atoms with Crippen molar-refractivity contribution in [3.8, 4) is 11.8 Å². The second-order valence-electron chi connectivity index (χ2n) is 7.15. The average molecular weight is 426 g/mol. The molecule has 0 saturated heterocycles. The summed E-state index contributed by atoms with van der Waals surface area (Å²) >= 11 is 0. The van der Waals surface area contributed by atoms with Crippen LogP contribution in [-0.4, -0.2) is 0 Å². The zero-order valence-corrected chi connectivity index (χ0v) is 17.3. The summed E-state index contributed by atoms with van der Waals surface area (Å²) in [7, 11) is 0. The number of para-hydroxylation sites is 1. The first-order valence-electron chi connectivity index (χ1n) is 9.88. The number of ether oxygens (including phenoxy) is 1. The van der Waals surface area contributed by atoms with E-state index in [2.05, 4.69) is 6.58 Å². The highest BCUT2D eigenvalue weighted by molar-refractivity contribution is 5.86. The van der Waals surface area contributed by atoms with Crippen LogP contribution < -0.4 is 16.1 Å². The summed E-state index contributed by atoms with van der Waals surface area (Å²) in [6, 6.07) is 13.4. The number of rotatable bonds is 4. The van der Waals surface area contributed by atoms with Gasteiger partial charge in [-0.3, -0.25) is 0 Å². The summed E-state index contributed by atoms with van der Waals surface area (Å²) in [5, 5.41) is 10.3. The monoisotopic (exact) mass is 426 g/mol. The maximum Gasteiger partial charge on any atom is 0.344 e. The van der Waals surface area contributed by atoms with E-state index in [1.807, 2.05) is 25.1 Å². The van der Waals surface area contributed by atoms with Crippen LogP contribution in [0.2, 0.25) is 0 Å². The lowest BCUT2D eigenvalue weighted by Gasteiger charge is -2.26. The molecule has 1 atom stereocenters. The average Bonchev–Trinajstić information content (AvgIpc) is 2.78. The Labute approximate surface area is 183 Å². The van der Waals surface area contributed by atoms with Crippen molar-refractivity contribution in [1.82, 2.24) is 0 Å². The first kappa shape index (κ1) is 20.9. The molecule has 4 rings (SSSR count). The van der Waals surface area contributed by atoms with Gasteiger partial charge in [0.15, 0.2) is 5.75 Å². The SMILES string of the molecule is C=C/C=C(\C=C/C)c1ccc(C2C(C#N)=C(N)Oc3c2c(=O)oc2ccccc32)c(F)c1. The molecule has 1 aliphatic heterocycles. The normalized spacial score (nSPS) is 16.0. The summed E-state index contributed by atoms with van der Waals surface area (Å²) in [5.41, 5.74) is 7.12. The van der Waals surface area contributed by atoms with E-state index in [9.17, 15) is 10.1 Å². The first-order valence-corrected chi connectivity index (χ1v) is 9.88. The lowest BCUT2D eigenvalue weighted by Crippen LogP contribution is -2.27. The molecule has 1 aromatic heterocycles. The molecule has 2 N–H and O–H groups in total. The molecular weight excluding hydrogens is 407 g/mol. The summed E-state index contributed by atoms with van der Waals surface area (Å²) in [6.45, 7) is 5.55. The number of nitriles is 1. The van der Waals surface area contributed by atoms with Gasteiger partial charge in [-0.1, -0.05) is 55.1 Å². The Hall–Kier alpha value is -4.37. The van der Waals surface area contributed by atoms with Gasteiger partial charge in [0.2, 0.25) is 5.88 Å². The van der Waals surface area contributed by atoms with Crippen LogP contribution in [0.15, 0.2) is 94.0 Å². The Morgan fingerprint density at radius 1 is 1.28 bits per heavy atom. The second kappa shape index (κ2) is 8.40. The highest BCUT2D eigenvalue weighted by atomic mass is 19.1. The molecule has 6 heteroatoms. The minimum Gasteiger partial charge on any atom is -0.439 e. The largest absolute Gasteiger partial charge is 0.439 e. The highest BCUT2D eigenvalue weighted by Gasteiger charge is 2.36. The van der Waals surface area contributed by atoms with Crippen molar-refractivity contribution >= 4 is 16.5 Å². The van der Waals surface area contributed by atoms with E-state index in [1.54, 1.807) is 48.6 Å². The molecule has 0 saturated carbocycles. The highest BCUT2D eigenvalue weighted by Crippen LogP contribution is 2.44. The fourth-order valence-corrected chi connectivity index (χ4v) is 3.87. The molecule has 5 nitrogen and oxygen atoms in total. The summed E-state index contributed by atoms with van der Waals surface area (Å²) < 4.78 is 26.5. The van der Waals surface area contributed by atoms with E-state index in [1.165, 1.54) is 6.07 Å². The van der Waals surface area contributed by atoms with Crippen molar-refractivity contribution in [3.63, 3.8) is 0 Å². The van der Waals surface area contributed by atoms with E-state index in [4.69, 9.17) is 14.9 Å². The molecule has 158 valence electrons. The predicted molar refractivity (Wildman–Crippen MR) is 121 cm³/mol. The molecular formula is C26H19FN2O3. The van der Waals surface area contributed by atoms with Crippen molar-refractivity contribution in [2.45, 2.75) is 12.8 Å². The molecule has 0 fully saturated rings. The van der Waals surface area contributed by atoms with Crippen molar-refractivity contribution in [2.24, 2.45) is 5.73 Å². The molecule has 2 heterocycles. The van der Waals surface area contributed by atoms with Gasteiger partial charge < -0.3 is 14.9 Å². The van der Waals surface area contributed by atoms with Crippen LogP contribution in [0.3, 0.4) is 0 Å². The van der Waals surface area contributed by atoms with Gasteiger partial charge in [0.1, 0.15) is 23.0 Å². The van der Waals surface area contributed by atoms with Crippen molar-refractivity contribution in [2.75, 3.05) is 0 Å². The number of benzene rings is 2. The quantitative estimate of drug-likeness (QED) is 0.452. The van der Waals surface area contributed by atoms with Gasteiger partial charge in [0, 0.05) is 5.56 Å². The summed E-state index contributed by atoms with van der Waals surface area (Å²) in [4.78, 5) is 12.9. The van der Waals surface area contributed by atoms with Crippen LogP contribution in [0.1, 0.15) is 29.5 Å². The van der Waals surface area contributed by atoms with Gasteiger partial charge >= 0.3 is 5.63 Å². The number of halogens is 1. The topological polar surface area (TPSA) is 89.3 Å². The fourth-order valence-electron chi connectivity index (χ4n) is 3.87. The molecule has 0 aliphatic carbocycles. The van der Waals surface area contributed by atoms with Crippen LogP contribution in [-0.2, 0) is 0 Å². The van der Waals surface area contributed by atoms with Gasteiger partial charge in [-0.25, -0.2) is 9.18 Å². The molecule has 0 spiro atoms. The Morgan fingerprint density at radius 3 is 2.75 bits per heavy atom. The van der Waals surface area contributed by atoms with Crippen molar-refractivity contribution < 1.29 is 13.5 Å². The zero-order chi connectivity index (χ0) is 22.8. The van der Waals surface area contributed by atoms with E-state index in [-0.39, 0.29) is 28.3 Å². The van der Waals surface area contributed by atoms with E-state index in [0.29, 0.717) is 16.5 Å². The van der Waals surface area contributed by atoms with Crippen LogP contribution in [0, 0.1) is 17.1 Å². The maximum absolute atomic E-state index is 15.4. The van der Waals surface area contributed by atoms with Gasteiger partial charge in [-0.15, -0.1) is 0 Å². The van der Waals surface area contributed by atoms with E-state index in [0.717, 1.165) is 5.57 Å². The smallest absolute Gasteiger partial charge is 0.344 e. The first-order chi connectivity index (χ1) is 15.5. The minimum atomic E-state index is -1.06. The molecule has 0 radical (unpaired) electrons. The number of nitrogens with two attached hydrogens (primary N) is 1. The number of hydrogen-bond acceptors (Lipinski definition) is 5. The van der Waals surface area contributed by atoms with Crippen LogP contribution >= 0.6 is 0 Å². The predicted octanol–water partition coefficient (Wildman–Crippen LogP) is 5.30. The van der Waals surface area contributed by atoms with Gasteiger partial charge in [-0.2, -0.15) is 5.26 Å². The second-order valence-corrected chi connectivity index (χ2v) is 7.15. The van der Waals surface area contributed by atoms with Gasteiger partial charge in [0.05, 0.1) is 16.9 Å². The Kier molecular flexibility index (Phi) is 5.48. The lowest BCUT2D eigenvalue weighted by atomic mass is 9.83. The number of nitrogens with zero attached hydrogens (tertiary/aromatic N) is 1. The molecule has 0 amide bonds. The van der Waals surface area contributed by atoms with Crippen molar-refractivity contribution in [1.29, 1.82) is 5.26 Å². The van der Waals surface area contributed by atoms with E-state index < -0.39 is 17.4 Å². The zero-order valence-electron chi connectivity index (χ0n) is 17.3. The Morgan fingerprint density at radius 2 is 2.06 bits per heavy atom. The van der Waals surface area contributed by atoms with Crippen LogP contribution in [0.4, 0.5) is 4.39 Å². The number of fused-ring (bicyclic) bond motifs is 3. The minimum absolute atomic E-state index is 0.0383. The summed E-state index contributed by atoms with van der Waals surface area (Å²) in [5.74, 6) is -1.66. The van der Waals surface area contributed by atoms with Crippen molar-refractivity contribution in [3.05, 3.63) is 118 Å². The third-order valence-electron chi connectivity index (χ3n) is 5.26. The van der Waals surface area contributed by atoms with Gasteiger partial charge in [-0.05, 0) is 36.3 Å². The molecule has 1 aliphatic rings. The standard InChI is InChI=1S/C26H19FN2O3/c1-3-7-15(8-4-2)16-11-12-17(20(27)13-16)22-19(14-28)25(29)32-24-18-9-5-6-10-21(18)31-26(30)23(22)24/h3-13,22H,1,29H2,2H3/b8-4-,15-7+. The van der Waals surface area contributed by atoms with Crippen LogP contribution in [0.25, 0.3) is 16.5 Å². The summed E-state index contributed by atoms with van der Waals surface area (Å²) in [6.07, 6.45) is 7.05. The molecule has 3 aromatic rings. The molecule has 1 unspecified atom stereocenters. The number of hydrogen-bond donors (Lipinski definition) is 1. The molecule has 32 heavy (non-hydrogen) atoms. The third-order valence-corrected chi connectivity index (χ3v) is 5.26. The van der Waals surface area contributed by atoms with Crippen LogP contribution in [0.5, 0.6) is 5.75 Å². The lowest BCUT2D eigenvalue weighted by molar-refractivity contribution is 0.387. The van der Waals surface area contributed by atoms with Gasteiger partial charge in [0.25, 0.3) is 0 Å². The Balaban J connectivity index is 1.97. The fraction of sp³-hybridized carbons (Fsp3) is 0.0769. The molecule has 0 bridgehead atoms. The molecule has 2 aromatic carbocycles. The Bertz CT molecular complexity index is 1440. The van der Waals surface area contributed by atoms with E-state index >= 15 is 4.39 Å². The third kappa shape index (κ3) is 3.40. The number of allylic oxidation sites excluding steroid dienone is 6. The maximum atomic E-state index is 15.4.